The smallest absolute Gasteiger partial charge is 1.00 e. The third kappa shape index (κ3) is 9.26. The van der Waals surface area contributed by atoms with Gasteiger partial charge in [0, 0.05) is 0 Å². The summed E-state index contributed by atoms with van der Waals surface area (Å²) in [4.78, 5) is 0. The van der Waals surface area contributed by atoms with Crippen LogP contribution < -0.4 is 58.0 Å². The zero-order valence-corrected chi connectivity index (χ0v) is 38.4. The Morgan fingerprint density at radius 1 is 0.393 bits per heavy atom. The predicted molar refractivity (Wildman–Crippen MR) is 227 cm³/mol. The normalized spacial score (nSPS) is 10.8. The summed E-state index contributed by atoms with van der Waals surface area (Å²) < 4.78 is 0. The number of rotatable bonds is 10. The summed E-state index contributed by atoms with van der Waals surface area (Å²) in [6, 6.07) is 54.9. The average Bonchev–Trinajstić information content (AvgIpc) is 3.33. The molecule has 0 aliphatic carbocycles. The van der Waals surface area contributed by atoms with E-state index >= 15 is 0 Å². The van der Waals surface area contributed by atoms with Gasteiger partial charge in [0.25, 0.3) is 0 Å². The van der Waals surface area contributed by atoms with Crippen LogP contribution in [0.2, 0.25) is 0 Å². The zero-order valence-electron chi connectivity index (χ0n) is 33.6. The molecule has 0 saturated heterocycles. The van der Waals surface area contributed by atoms with E-state index in [0.717, 1.165) is 19.3 Å². The molecule has 7 aromatic carbocycles. The molecule has 0 unspecified atom stereocenters. The number of halogens is 3. The third-order valence-corrected chi connectivity index (χ3v) is 17.3. The maximum Gasteiger partial charge on any atom is 4.00 e. The molecular weight excluding hydrogens is 795 g/mol. The Hall–Kier alpha value is -3.53. The number of hydrogen-bond acceptors (Lipinski definition) is 0. The van der Waals surface area contributed by atoms with Gasteiger partial charge in [-0.2, -0.15) is 27.4 Å². The van der Waals surface area contributed by atoms with Crippen LogP contribution >= 0.6 is 0 Å². The van der Waals surface area contributed by atoms with Crippen molar-refractivity contribution in [3.05, 3.63) is 218 Å². The molecule has 7 aromatic rings. The van der Waals surface area contributed by atoms with Crippen molar-refractivity contribution < 1.29 is 58.9 Å². The van der Waals surface area contributed by atoms with Gasteiger partial charge >= 0.3 is 21.7 Å². The molecule has 0 spiro atoms. The second-order valence-corrected chi connectivity index (χ2v) is 18.7. The first-order valence-corrected chi connectivity index (χ1v) is 20.8. The van der Waals surface area contributed by atoms with Gasteiger partial charge in [-0.15, -0.1) is 0 Å². The molecule has 0 aliphatic heterocycles. The monoisotopic (exact) mass is 844 g/mol. The third-order valence-electron chi connectivity index (χ3n) is 11.7. The van der Waals surface area contributed by atoms with Crippen LogP contribution in [0, 0.1) is 48.5 Å². The van der Waals surface area contributed by atoms with Crippen LogP contribution in [0.5, 0.6) is 0 Å². The largest absolute Gasteiger partial charge is 4.00 e. The van der Waals surface area contributed by atoms with Gasteiger partial charge in [0.1, 0.15) is 0 Å². The summed E-state index contributed by atoms with van der Waals surface area (Å²) in [7, 11) is -2.88. The molecule has 0 saturated carbocycles. The molecular formula is C51H51Cl3SiTi. The molecule has 0 N–H and O–H groups in total. The van der Waals surface area contributed by atoms with Gasteiger partial charge in [0.05, 0.1) is 0 Å². The second kappa shape index (κ2) is 20.2. The summed E-state index contributed by atoms with van der Waals surface area (Å²) in [5, 5.41) is 6.06. The summed E-state index contributed by atoms with van der Waals surface area (Å²) in [5.41, 5.74) is 18.1. The van der Waals surface area contributed by atoms with E-state index in [0.29, 0.717) is 0 Å². The Morgan fingerprint density at radius 3 is 0.946 bits per heavy atom. The summed E-state index contributed by atoms with van der Waals surface area (Å²) in [6.45, 7) is 16.6. The maximum absolute atomic E-state index is 2.88. The van der Waals surface area contributed by atoms with Crippen molar-refractivity contribution in [1.82, 2.24) is 0 Å². The number of aryl methyl sites for hydroxylation is 3. The van der Waals surface area contributed by atoms with Gasteiger partial charge in [-0.25, -0.2) is 0 Å². The van der Waals surface area contributed by atoms with Crippen molar-refractivity contribution in [3.63, 3.8) is 0 Å². The minimum absolute atomic E-state index is 0. The molecule has 5 heteroatoms. The first kappa shape index (κ1) is 46.9. The Kier molecular flexibility index (Phi) is 16.9. The Labute approximate surface area is 370 Å². The predicted octanol–water partition coefficient (Wildman–Crippen LogP) is 0.724. The molecule has 0 nitrogen and oxygen atoms in total. The van der Waals surface area contributed by atoms with Crippen molar-refractivity contribution in [2.24, 2.45) is 0 Å². The Balaban J connectivity index is 0.00000210. The van der Waals surface area contributed by atoms with Gasteiger partial charge < -0.3 is 37.2 Å². The second-order valence-electron chi connectivity index (χ2n) is 15.1. The standard InChI is InChI=1S/C51H51Si.3ClH.Ti/c1-35-29-45(32-42-17-11-8-12-18-42)23-26-48(35)52(51-40(6)38(4)39(5)41(51)7,49-27-24-46(30-36(49)2)33-43-19-13-9-14-20-43)50-28-25-47(31-37(50)3)34-44-21-15-10-16-22-44;;;;/h8-31H,32-34H2,1-7H3;3*1H;/q-1;;;;+4/p-3. The number of benzene rings is 6. The fourth-order valence-corrected chi connectivity index (χ4v) is 15.1. The van der Waals surface area contributed by atoms with Gasteiger partial charge in [-0.05, 0) is 89.0 Å². The average molecular weight is 846 g/mol. The van der Waals surface area contributed by atoms with E-state index < -0.39 is 8.07 Å². The quantitative estimate of drug-likeness (QED) is 0.108. The molecule has 0 bridgehead atoms. The van der Waals surface area contributed by atoms with Gasteiger partial charge in [0.2, 0.25) is 0 Å². The summed E-state index contributed by atoms with van der Waals surface area (Å²) in [5.74, 6) is 0. The molecule has 0 heterocycles. The fourth-order valence-electron chi connectivity index (χ4n) is 8.88. The van der Waals surface area contributed by atoms with Crippen molar-refractivity contribution in [2.45, 2.75) is 67.7 Å². The molecule has 0 atom stereocenters. The summed E-state index contributed by atoms with van der Waals surface area (Å²) in [6.07, 6.45) is 2.80. The van der Waals surface area contributed by atoms with E-state index in [2.05, 4.69) is 194 Å². The van der Waals surface area contributed by atoms with Gasteiger partial charge in [-0.1, -0.05) is 190 Å². The molecule has 284 valence electrons. The molecule has 0 fully saturated rings. The van der Waals surface area contributed by atoms with E-state index in [9.17, 15) is 0 Å². The van der Waals surface area contributed by atoms with Gasteiger partial charge in [0.15, 0.2) is 8.07 Å². The van der Waals surface area contributed by atoms with E-state index in [1.54, 1.807) is 5.19 Å². The van der Waals surface area contributed by atoms with Crippen LogP contribution in [0.1, 0.15) is 72.3 Å². The molecule has 0 aromatic heterocycles. The number of hydrogen-bond donors (Lipinski definition) is 0. The minimum Gasteiger partial charge on any atom is -1.00 e. The maximum atomic E-state index is 2.52. The SMILES string of the molecule is Cc1cc(Cc2ccccc2)ccc1[Si](c1ccc(Cc2ccccc2)cc1C)(c1ccc(Cc2ccccc2)cc1C)c1c(C)c(C)c(C)[c-]1C.[Cl-].[Cl-].[Cl-].[Ti+4]. The van der Waals surface area contributed by atoms with E-state index in [1.165, 1.54) is 87.9 Å². The molecule has 56 heavy (non-hydrogen) atoms. The molecule has 0 radical (unpaired) electrons. The summed E-state index contributed by atoms with van der Waals surface area (Å²) >= 11 is 0. The van der Waals surface area contributed by atoms with E-state index in [-0.39, 0.29) is 58.9 Å². The fraction of sp³-hybridized carbons (Fsp3) is 0.196. The van der Waals surface area contributed by atoms with Crippen LogP contribution in [0.4, 0.5) is 0 Å². The van der Waals surface area contributed by atoms with E-state index in [4.69, 9.17) is 0 Å². The molecule has 7 rings (SSSR count). The topological polar surface area (TPSA) is 0 Å². The van der Waals surface area contributed by atoms with Crippen molar-refractivity contribution in [1.29, 1.82) is 0 Å². The van der Waals surface area contributed by atoms with Crippen molar-refractivity contribution >= 4 is 28.8 Å². The first-order chi connectivity index (χ1) is 25.2. The Morgan fingerprint density at radius 2 is 0.696 bits per heavy atom. The van der Waals surface area contributed by atoms with Crippen LogP contribution in [-0.2, 0) is 41.0 Å². The van der Waals surface area contributed by atoms with Crippen molar-refractivity contribution in [3.8, 4) is 0 Å². The van der Waals surface area contributed by atoms with Crippen LogP contribution in [0.25, 0.3) is 0 Å². The molecule has 0 aliphatic rings. The van der Waals surface area contributed by atoms with Crippen molar-refractivity contribution in [2.75, 3.05) is 0 Å². The molecule has 0 amide bonds. The van der Waals surface area contributed by atoms with Gasteiger partial charge in [-0.3, -0.25) is 0 Å². The van der Waals surface area contributed by atoms with Crippen LogP contribution in [0.15, 0.2) is 146 Å². The first-order valence-electron chi connectivity index (χ1n) is 18.8. The Bertz CT molecular complexity index is 2100. The minimum atomic E-state index is -2.88. The zero-order chi connectivity index (χ0) is 36.4. The van der Waals surface area contributed by atoms with E-state index in [1.807, 2.05) is 0 Å². The van der Waals surface area contributed by atoms with Crippen LogP contribution in [-0.4, -0.2) is 8.07 Å². The van der Waals surface area contributed by atoms with Crippen LogP contribution in [0.3, 0.4) is 0 Å².